The molecule has 80 valence electrons. The van der Waals surface area contributed by atoms with Crippen LogP contribution in [-0.4, -0.2) is 25.7 Å². The first-order valence-corrected chi connectivity index (χ1v) is 5.32. The lowest BCUT2D eigenvalue weighted by molar-refractivity contribution is -0.116. The van der Waals surface area contributed by atoms with E-state index in [2.05, 4.69) is 5.32 Å². The number of ether oxygens (including phenoxy) is 1. The van der Waals surface area contributed by atoms with Gasteiger partial charge in [0.2, 0.25) is 5.91 Å². The first kappa shape index (κ1) is 11.8. The Bertz CT molecular complexity index is 221. The van der Waals surface area contributed by atoms with Crippen LogP contribution < -0.4 is 5.32 Å². The normalized spacial score (nSPS) is 21.4. The van der Waals surface area contributed by atoms with E-state index in [0.29, 0.717) is 12.5 Å². The van der Waals surface area contributed by atoms with Crippen LogP contribution in [0.2, 0.25) is 0 Å². The maximum absolute atomic E-state index is 11.1. The van der Waals surface area contributed by atoms with Crippen LogP contribution in [0.4, 0.5) is 0 Å². The fourth-order valence-corrected chi connectivity index (χ4v) is 1.56. The van der Waals surface area contributed by atoms with E-state index in [1.807, 2.05) is 0 Å². The van der Waals surface area contributed by atoms with Gasteiger partial charge >= 0.3 is 0 Å². The van der Waals surface area contributed by atoms with Crippen LogP contribution in [0.3, 0.4) is 0 Å². The van der Waals surface area contributed by atoms with Gasteiger partial charge in [0.15, 0.2) is 0 Å². The van der Waals surface area contributed by atoms with Crippen molar-refractivity contribution < 1.29 is 9.53 Å². The Labute approximate surface area is 93.4 Å². The van der Waals surface area contributed by atoms with Gasteiger partial charge in [-0.25, -0.2) is 0 Å². The van der Waals surface area contributed by atoms with E-state index >= 15 is 0 Å². The Morgan fingerprint density at radius 2 is 2.36 bits per heavy atom. The molecule has 0 aromatic rings. The molecule has 0 bridgehead atoms. The molecule has 1 saturated heterocycles. The molecule has 0 aromatic heterocycles. The van der Waals surface area contributed by atoms with Crippen LogP contribution in [0.25, 0.3) is 0 Å². The smallest absolute Gasteiger partial charge is 0.246 e. The lowest BCUT2D eigenvalue weighted by Crippen LogP contribution is -2.32. The second kappa shape index (κ2) is 6.27. The van der Waals surface area contributed by atoms with Crippen molar-refractivity contribution in [2.75, 3.05) is 19.8 Å². The zero-order valence-electron chi connectivity index (χ0n) is 7.76. The van der Waals surface area contributed by atoms with E-state index in [9.17, 15) is 4.79 Å². The van der Waals surface area contributed by atoms with Crippen molar-refractivity contribution in [3.63, 3.8) is 0 Å². The van der Waals surface area contributed by atoms with E-state index in [-0.39, 0.29) is 10.4 Å². The molecular formula is C9H13Cl2NO2. The van der Waals surface area contributed by atoms with Crippen LogP contribution in [0.1, 0.15) is 12.8 Å². The van der Waals surface area contributed by atoms with Gasteiger partial charge in [-0.05, 0) is 18.8 Å². The fraction of sp³-hybridized carbons (Fsp3) is 0.667. The molecule has 14 heavy (non-hydrogen) atoms. The van der Waals surface area contributed by atoms with E-state index in [1.54, 1.807) is 0 Å². The number of hydrogen-bond donors (Lipinski definition) is 1. The predicted molar refractivity (Wildman–Crippen MR) is 56.3 cm³/mol. The summed E-state index contributed by atoms with van der Waals surface area (Å²) in [6.07, 6.45) is 3.32. The van der Waals surface area contributed by atoms with Gasteiger partial charge in [0.05, 0.1) is 6.61 Å². The van der Waals surface area contributed by atoms with Crippen molar-refractivity contribution in [2.45, 2.75) is 12.8 Å². The van der Waals surface area contributed by atoms with Gasteiger partial charge in [0.25, 0.3) is 0 Å². The van der Waals surface area contributed by atoms with Crippen LogP contribution in [0.15, 0.2) is 10.6 Å². The second-order valence-electron chi connectivity index (χ2n) is 3.26. The standard InChI is InChI=1S/C9H13Cl2NO2/c10-8(11)4-9(13)12-5-7-2-1-3-14-6-7/h4,7H,1-3,5-6H2,(H,12,13). The first-order chi connectivity index (χ1) is 6.68. The number of amides is 1. The minimum atomic E-state index is -0.254. The molecule has 3 nitrogen and oxygen atoms in total. The molecule has 1 atom stereocenters. The third-order valence-electron chi connectivity index (χ3n) is 2.06. The van der Waals surface area contributed by atoms with Crippen LogP contribution in [0, 0.1) is 5.92 Å². The molecule has 1 heterocycles. The van der Waals surface area contributed by atoms with Crippen LogP contribution in [-0.2, 0) is 9.53 Å². The second-order valence-corrected chi connectivity index (χ2v) is 4.27. The third-order valence-corrected chi connectivity index (χ3v) is 2.28. The maximum Gasteiger partial charge on any atom is 0.246 e. The van der Waals surface area contributed by atoms with Crippen LogP contribution in [0.5, 0.6) is 0 Å². The third kappa shape index (κ3) is 4.84. The zero-order valence-corrected chi connectivity index (χ0v) is 9.27. The van der Waals surface area contributed by atoms with E-state index in [0.717, 1.165) is 32.1 Å². The van der Waals surface area contributed by atoms with E-state index in [1.165, 1.54) is 0 Å². The molecular weight excluding hydrogens is 225 g/mol. The van der Waals surface area contributed by atoms with Crippen molar-refractivity contribution in [3.8, 4) is 0 Å². The number of hydrogen-bond acceptors (Lipinski definition) is 2. The lowest BCUT2D eigenvalue weighted by Gasteiger charge is -2.21. The summed E-state index contributed by atoms with van der Waals surface area (Å²) in [5, 5.41) is 2.72. The zero-order chi connectivity index (χ0) is 10.4. The summed E-state index contributed by atoms with van der Waals surface area (Å²) in [6, 6.07) is 0. The highest BCUT2D eigenvalue weighted by Gasteiger charge is 2.13. The summed E-state index contributed by atoms with van der Waals surface area (Å²) < 4.78 is 5.25. The molecule has 0 aliphatic carbocycles. The number of halogens is 2. The van der Waals surface area contributed by atoms with Crippen molar-refractivity contribution in [3.05, 3.63) is 10.6 Å². The van der Waals surface area contributed by atoms with Gasteiger partial charge in [-0.1, -0.05) is 23.2 Å². The highest BCUT2D eigenvalue weighted by Crippen LogP contribution is 2.12. The fourth-order valence-electron chi connectivity index (χ4n) is 1.36. The Balaban J connectivity index is 2.19. The quantitative estimate of drug-likeness (QED) is 0.762. The highest BCUT2D eigenvalue weighted by molar-refractivity contribution is 6.56. The maximum atomic E-state index is 11.1. The summed E-state index contributed by atoms with van der Waals surface area (Å²) >= 11 is 10.7. The highest BCUT2D eigenvalue weighted by atomic mass is 35.5. The summed E-state index contributed by atoms with van der Waals surface area (Å²) in [6.45, 7) is 2.17. The topological polar surface area (TPSA) is 38.3 Å². The van der Waals surface area contributed by atoms with Gasteiger partial charge in [-0.15, -0.1) is 0 Å². The lowest BCUT2D eigenvalue weighted by atomic mass is 10.0. The molecule has 1 N–H and O–H groups in total. The average molecular weight is 238 g/mol. The van der Waals surface area contributed by atoms with Gasteiger partial charge < -0.3 is 10.1 Å². The Hall–Kier alpha value is -0.250. The molecule has 1 aliphatic rings. The van der Waals surface area contributed by atoms with Crippen molar-refractivity contribution in [2.24, 2.45) is 5.92 Å². The average Bonchev–Trinajstić information content (AvgIpc) is 2.15. The van der Waals surface area contributed by atoms with Gasteiger partial charge in [0, 0.05) is 19.2 Å². The van der Waals surface area contributed by atoms with Gasteiger partial charge in [-0.3, -0.25) is 4.79 Å². The molecule has 1 unspecified atom stereocenters. The van der Waals surface area contributed by atoms with E-state index in [4.69, 9.17) is 27.9 Å². The SMILES string of the molecule is O=C(C=C(Cl)Cl)NCC1CCCOC1. The predicted octanol–water partition coefficient (Wildman–Crippen LogP) is 1.85. The molecule has 0 radical (unpaired) electrons. The molecule has 1 amide bonds. The molecule has 1 aliphatic heterocycles. The van der Waals surface area contributed by atoms with Gasteiger partial charge in [0.1, 0.15) is 4.49 Å². The van der Waals surface area contributed by atoms with Crippen LogP contribution >= 0.6 is 23.2 Å². The van der Waals surface area contributed by atoms with Crippen molar-refractivity contribution in [1.82, 2.24) is 5.32 Å². The Morgan fingerprint density at radius 3 is 2.93 bits per heavy atom. The largest absolute Gasteiger partial charge is 0.381 e. The molecule has 0 saturated carbocycles. The Kier molecular flexibility index (Phi) is 5.30. The monoisotopic (exact) mass is 237 g/mol. The van der Waals surface area contributed by atoms with Crippen molar-refractivity contribution >= 4 is 29.1 Å². The number of nitrogens with one attached hydrogen (secondary N) is 1. The number of rotatable bonds is 3. The molecule has 0 aromatic carbocycles. The first-order valence-electron chi connectivity index (χ1n) is 4.57. The van der Waals surface area contributed by atoms with Gasteiger partial charge in [-0.2, -0.15) is 0 Å². The summed E-state index contributed by atoms with van der Waals surface area (Å²) in [4.78, 5) is 11.1. The van der Waals surface area contributed by atoms with Crippen molar-refractivity contribution in [1.29, 1.82) is 0 Å². The number of carbonyl (C=O) groups excluding carboxylic acids is 1. The summed E-state index contributed by atoms with van der Waals surface area (Å²) in [5.74, 6) is 0.158. The Morgan fingerprint density at radius 1 is 1.57 bits per heavy atom. The summed E-state index contributed by atoms with van der Waals surface area (Å²) in [5.41, 5.74) is 0. The minimum absolute atomic E-state index is 0.0256. The van der Waals surface area contributed by atoms with E-state index < -0.39 is 0 Å². The number of carbonyl (C=O) groups is 1. The molecule has 0 spiro atoms. The molecule has 1 rings (SSSR count). The minimum Gasteiger partial charge on any atom is -0.381 e. The summed E-state index contributed by atoms with van der Waals surface area (Å²) in [7, 11) is 0. The molecule has 1 fully saturated rings. The molecule has 5 heteroatoms.